The topological polar surface area (TPSA) is 71.3 Å². The Morgan fingerprint density at radius 1 is 1.21 bits per heavy atom. The number of benzene rings is 2. The average Bonchev–Trinajstić information content (AvgIpc) is 3.25. The van der Waals surface area contributed by atoms with Crippen molar-refractivity contribution in [2.24, 2.45) is 0 Å². The van der Waals surface area contributed by atoms with Crippen LogP contribution in [0.15, 0.2) is 57.5 Å². The fourth-order valence-corrected chi connectivity index (χ4v) is 3.77. The van der Waals surface area contributed by atoms with E-state index < -0.39 is 0 Å². The van der Waals surface area contributed by atoms with E-state index in [2.05, 4.69) is 38.3 Å². The molecule has 1 saturated heterocycles. The van der Waals surface area contributed by atoms with E-state index in [0.29, 0.717) is 18.3 Å². The predicted molar refractivity (Wildman–Crippen MR) is 116 cm³/mol. The van der Waals surface area contributed by atoms with Crippen molar-refractivity contribution < 1.29 is 9.32 Å². The van der Waals surface area contributed by atoms with Crippen LogP contribution < -0.4 is 5.32 Å². The molecular formula is C22H23BrN4O2. The van der Waals surface area contributed by atoms with Crippen molar-refractivity contribution in [3.8, 4) is 11.4 Å². The van der Waals surface area contributed by atoms with Crippen LogP contribution in [-0.2, 0) is 6.42 Å². The number of piperidine rings is 1. The minimum atomic E-state index is -0.0911. The molecule has 1 N–H and O–H groups in total. The molecule has 1 atom stereocenters. The van der Waals surface area contributed by atoms with Gasteiger partial charge in [-0.3, -0.25) is 0 Å². The van der Waals surface area contributed by atoms with Crippen LogP contribution in [0.4, 0.5) is 10.5 Å². The summed E-state index contributed by atoms with van der Waals surface area (Å²) in [4.78, 5) is 19.1. The monoisotopic (exact) mass is 454 g/mol. The average molecular weight is 455 g/mol. The highest BCUT2D eigenvalue weighted by atomic mass is 79.9. The second-order valence-electron chi connectivity index (χ2n) is 7.23. The number of hydrogen-bond acceptors (Lipinski definition) is 4. The van der Waals surface area contributed by atoms with E-state index in [-0.39, 0.29) is 11.9 Å². The molecule has 2 heterocycles. The molecule has 0 saturated carbocycles. The van der Waals surface area contributed by atoms with E-state index in [0.717, 1.165) is 41.5 Å². The highest BCUT2D eigenvalue weighted by molar-refractivity contribution is 9.10. The van der Waals surface area contributed by atoms with Gasteiger partial charge in [0.2, 0.25) is 11.7 Å². The number of aromatic nitrogens is 2. The Hall–Kier alpha value is -2.67. The zero-order valence-corrected chi connectivity index (χ0v) is 17.9. The SMILES string of the molecule is CCc1ccc(NC(=O)N2CCCC(c3nc(-c4ccc(Br)cc4)no3)C2)cc1. The lowest BCUT2D eigenvalue weighted by Gasteiger charge is -2.31. The largest absolute Gasteiger partial charge is 0.339 e. The molecule has 7 heteroatoms. The normalized spacial score (nSPS) is 16.6. The molecule has 29 heavy (non-hydrogen) atoms. The zero-order chi connectivity index (χ0) is 20.2. The fourth-order valence-electron chi connectivity index (χ4n) is 3.51. The van der Waals surface area contributed by atoms with Crippen LogP contribution in [0.25, 0.3) is 11.4 Å². The molecule has 2 amide bonds. The van der Waals surface area contributed by atoms with E-state index in [4.69, 9.17) is 4.52 Å². The Balaban J connectivity index is 1.41. The van der Waals surface area contributed by atoms with Crippen molar-refractivity contribution in [2.75, 3.05) is 18.4 Å². The van der Waals surface area contributed by atoms with Gasteiger partial charge < -0.3 is 14.7 Å². The second-order valence-corrected chi connectivity index (χ2v) is 8.14. The van der Waals surface area contributed by atoms with Gasteiger partial charge in [0, 0.05) is 28.8 Å². The maximum atomic E-state index is 12.7. The molecule has 0 radical (unpaired) electrons. The standard InChI is InChI=1S/C22H23BrN4O2/c1-2-15-5-11-19(12-6-15)24-22(28)27-13-3-4-17(14-27)21-25-20(26-29-21)16-7-9-18(23)10-8-16/h5-12,17H,2-4,13-14H2,1H3,(H,24,28). The Bertz CT molecular complexity index is 969. The molecular weight excluding hydrogens is 432 g/mol. The van der Waals surface area contributed by atoms with Gasteiger partial charge in [-0.05, 0) is 61.2 Å². The summed E-state index contributed by atoms with van der Waals surface area (Å²) in [5.74, 6) is 1.21. The Labute approximate surface area is 178 Å². The predicted octanol–water partition coefficient (Wildman–Crippen LogP) is 5.47. The smallest absolute Gasteiger partial charge is 0.321 e. The first-order valence-corrected chi connectivity index (χ1v) is 10.7. The second kappa shape index (κ2) is 8.78. The number of aryl methyl sites for hydroxylation is 1. The van der Waals surface area contributed by atoms with Crippen LogP contribution in [0.2, 0.25) is 0 Å². The number of amides is 2. The van der Waals surface area contributed by atoms with Crippen LogP contribution >= 0.6 is 15.9 Å². The first-order chi connectivity index (χ1) is 14.1. The lowest BCUT2D eigenvalue weighted by Crippen LogP contribution is -2.41. The van der Waals surface area contributed by atoms with Gasteiger partial charge in [0.25, 0.3) is 0 Å². The Kier molecular flexibility index (Phi) is 5.94. The molecule has 0 bridgehead atoms. The molecule has 6 nitrogen and oxygen atoms in total. The molecule has 150 valence electrons. The molecule has 1 fully saturated rings. The van der Waals surface area contributed by atoms with Crippen molar-refractivity contribution in [1.29, 1.82) is 0 Å². The summed E-state index contributed by atoms with van der Waals surface area (Å²) in [5.41, 5.74) is 2.97. The molecule has 1 aliphatic heterocycles. The summed E-state index contributed by atoms with van der Waals surface area (Å²) in [6.07, 6.45) is 2.81. The number of likely N-dealkylation sites (tertiary alicyclic amines) is 1. The maximum absolute atomic E-state index is 12.7. The first-order valence-electron chi connectivity index (χ1n) is 9.87. The molecule has 4 rings (SSSR count). The molecule has 1 unspecified atom stereocenters. The van der Waals surface area contributed by atoms with Crippen molar-refractivity contribution in [3.05, 3.63) is 64.5 Å². The third kappa shape index (κ3) is 4.67. The van der Waals surface area contributed by atoms with Crippen LogP contribution in [0, 0.1) is 0 Å². The van der Waals surface area contributed by atoms with Gasteiger partial charge in [0.1, 0.15) is 0 Å². The number of halogens is 1. The minimum Gasteiger partial charge on any atom is -0.339 e. The number of carbonyl (C=O) groups is 1. The lowest BCUT2D eigenvalue weighted by molar-refractivity contribution is 0.184. The molecule has 2 aromatic carbocycles. The summed E-state index contributed by atoms with van der Waals surface area (Å²) in [6, 6.07) is 15.7. The van der Waals surface area contributed by atoms with Gasteiger partial charge in [-0.25, -0.2) is 4.79 Å². The van der Waals surface area contributed by atoms with Crippen molar-refractivity contribution in [1.82, 2.24) is 15.0 Å². The van der Waals surface area contributed by atoms with Crippen molar-refractivity contribution >= 4 is 27.6 Å². The number of rotatable bonds is 4. The highest BCUT2D eigenvalue weighted by Gasteiger charge is 2.28. The van der Waals surface area contributed by atoms with E-state index in [1.54, 1.807) is 0 Å². The zero-order valence-electron chi connectivity index (χ0n) is 16.3. The first kappa shape index (κ1) is 19.6. The number of nitrogens with zero attached hydrogens (tertiary/aromatic N) is 3. The number of nitrogens with one attached hydrogen (secondary N) is 1. The quantitative estimate of drug-likeness (QED) is 0.566. The van der Waals surface area contributed by atoms with E-state index in [1.807, 2.05) is 53.4 Å². The molecule has 0 aliphatic carbocycles. The van der Waals surface area contributed by atoms with Gasteiger partial charge in [0.15, 0.2) is 0 Å². The summed E-state index contributed by atoms with van der Waals surface area (Å²) in [6.45, 7) is 3.41. The van der Waals surface area contributed by atoms with E-state index >= 15 is 0 Å². The number of carbonyl (C=O) groups excluding carboxylic acids is 1. The molecule has 1 aliphatic rings. The number of anilines is 1. The van der Waals surface area contributed by atoms with Crippen molar-refractivity contribution in [2.45, 2.75) is 32.1 Å². The van der Waals surface area contributed by atoms with Gasteiger partial charge in [0.05, 0.1) is 5.92 Å². The van der Waals surface area contributed by atoms with E-state index in [9.17, 15) is 4.79 Å². The van der Waals surface area contributed by atoms with Gasteiger partial charge in [-0.2, -0.15) is 4.98 Å². The summed E-state index contributed by atoms with van der Waals surface area (Å²) >= 11 is 3.43. The minimum absolute atomic E-state index is 0.0497. The highest BCUT2D eigenvalue weighted by Crippen LogP contribution is 2.28. The van der Waals surface area contributed by atoms with Crippen LogP contribution in [0.3, 0.4) is 0 Å². The lowest BCUT2D eigenvalue weighted by atomic mass is 9.98. The molecule has 1 aromatic heterocycles. The summed E-state index contributed by atoms with van der Waals surface area (Å²) < 4.78 is 6.53. The fraction of sp³-hybridized carbons (Fsp3) is 0.318. The Morgan fingerprint density at radius 2 is 1.97 bits per heavy atom. The van der Waals surface area contributed by atoms with Crippen molar-refractivity contribution in [3.63, 3.8) is 0 Å². The third-order valence-electron chi connectivity index (χ3n) is 5.22. The summed E-state index contributed by atoms with van der Waals surface area (Å²) in [5, 5.41) is 7.11. The van der Waals surface area contributed by atoms with Gasteiger partial charge in [-0.15, -0.1) is 0 Å². The number of urea groups is 1. The van der Waals surface area contributed by atoms with Crippen LogP contribution in [0.1, 0.15) is 37.1 Å². The van der Waals surface area contributed by atoms with E-state index in [1.165, 1.54) is 5.56 Å². The molecule has 3 aromatic rings. The maximum Gasteiger partial charge on any atom is 0.321 e. The van der Waals surface area contributed by atoms with Crippen LogP contribution in [-0.4, -0.2) is 34.2 Å². The molecule has 0 spiro atoms. The summed E-state index contributed by atoms with van der Waals surface area (Å²) in [7, 11) is 0. The van der Waals surface area contributed by atoms with Gasteiger partial charge in [-0.1, -0.05) is 40.1 Å². The van der Waals surface area contributed by atoms with Crippen LogP contribution in [0.5, 0.6) is 0 Å². The van der Waals surface area contributed by atoms with Gasteiger partial charge >= 0.3 is 6.03 Å². The third-order valence-corrected chi connectivity index (χ3v) is 5.74. The Morgan fingerprint density at radius 3 is 2.69 bits per heavy atom. The number of hydrogen-bond donors (Lipinski definition) is 1.